The van der Waals surface area contributed by atoms with Crippen LogP contribution in [0.15, 0.2) is 48.5 Å². The maximum absolute atomic E-state index is 11.1. The zero-order valence-corrected chi connectivity index (χ0v) is 15.3. The Morgan fingerprint density at radius 1 is 1.19 bits per heavy atom. The number of carboxylic acid groups (broad SMARTS) is 1. The van der Waals surface area contributed by atoms with Crippen LogP contribution in [-0.2, 0) is 30.6 Å². The Morgan fingerprint density at radius 3 is 2.74 bits per heavy atom. The molecule has 5 heteroatoms. The number of benzene rings is 2. The number of carbonyl (C=O) groups is 1. The van der Waals surface area contributed by atoms with E-state index in [1.807, 2.05) is 28.9 Å². The minimum absolute atomic E-state index is 0.101. The van der Waals surface area contributed by atoms with E-state index in [0.29, 0.717) is 13.0 Å². The molecular formula is C22H22N2O3. The van der Waals surface area contributed by atoms with Gasteiger partial charge in [-0.05, 0) is 42.2 Å². The van der Waals surface area contributed by atoms with E-state index in [0.717, 1.165) is 30.0 Å². The number of hydrogen-bond donors (Lipinski definition) is 1. The standard InChI is InChI=1S/C22H22N2O3/c1-27-17-8-10-18-16(13-17)7-9-19-20(11-12-21(25)26)23-24(22(18)19)14-15-5-3-2-4-6-15/h2-6,8,10,13H,7,9,11-12,14H2,1H3,(H,25,26). The zero-order valence-electron chi connectivity index (χ0n) is 15.3. The number of fused-ring (bicyclic) bond motifs is 3. The molecule has 138 valence electrons. The first kappa shape index (κ1) is 17.3. The summed E-state index contributed by atoms with van der Waals surface area (Å²) in [6.07, 6.45) is 2.35. The van der Waals surface area contributed by atoms with Gasteiger partial charge in [-0.25, -0.2) is 0 Å². The number of aromatic nitrogens is 2. The second-order valence-electron chi connectivity index (χ2n) is 6.83. The van der Waals surface area contributed by atoms with Gasteiger partial charge < -0.3 is 9.84 Å². The van der Waals surface area contributed by atoms with Gasteiger partial charge >= 0.3 is 5.97 Å². The van der Waals surface area contributed by atoms with E-state index in [1.54, 1.807) is 7.11 Å². The molecule has 0 fully saturated rings. The van der Waals surface area contributed by atoms with Crippen LogP contribution in [0.5, 0.6) is 5.75 Å². The summed E-state index contributed by atoms with van der Waals surface area (Å²) in [5, 5.41) is 13.9. The first-order chi connectivity index (χ1) is 13.2. The van der Waals surface area contributed by atoms with Crippen molar-refractivity contribution in [2.24, 2.45) is 0 Å². The van der Waals surface area contributed by atoms with Crippen LogP contribution in [-0.4, -0.2) is 28.0 Å². The number of methoxy groups -OCH3 is 1. The smallest absolute Gasteiger partial charge is 0.303 e. The van der Waals surface area contributed by atoms with Gasteiger partial charge in [0.1, 0.15) is 5.75 Å². The van der Waals surface area contributed by atoms with Crippen molar-refractivity contribution in [2.45, 2.75) is 32.2 Å². The molecule has 4 rings (SSSR count). The number of nitrogens with zero attached hydrogens (tertiary/aromatic N) is 2. The summed E-state index contributed by atoms with van der Waals surface area (Å²) in [6.45, 7) is 0.668. The average Bonchev–Trinajstić information content (AvgIpc) is 3.04. The lowest BCUT2D eigenvalue weighted by Gasteiger charge is -2.20. The van der Waals surface area contributed by atoms with Gasteiger partial charge in [-0.3, -0.25) is 9.48 Å². The highest BCUT2D eigenvalue weighted by molar-refractivity contribution is 5.73. The largest absolute Gasteiger partial charge is 0.497 e. The molecule has 1 aliphatic carbocycles. The summed E-state index contributed by atoms with van der Waals surface area (Å²) < 4.78 is 7.41. The highest BCUT2D eigenvalue weighted by Gasteiger charge is 2.25. The van der Waals surface area contributed by atoms with Gasteiger partial charge in [0.05, 0.1) is 31.5 Å². The molecular weight excluding hydrogens is 340 g/mol. The van der Waals surface area contributed by atoms with Crippen LogP contribution in [0.3, 0.4) is 0 Å². The number of ether oxygens (including phenoxy) is 1. The third kappa shape index (κ3) is 3.45. The Bertz CT molecular complexity index is 977. The fourth-order valence-corrected chi connectivity index (χ4v) is 3.80. The fraction of sp³-hybridized carbons (Fsp3) is 0.273. The third-order valence-electron chi connectivity index (χ3n) is 5.10. The van der Waals surface area contributed by atoms with Crippen molar-refractivity contribution < 1.29 is 14.6 Å². The molecule has 0 saturated heterocycles. The summed E-state index contributed by atoms with van der Waals surface area (Å²) in [5.74, 6) is 0.0692. The van der Waals surface area contributed by atoms with Crippen molar-refractivity contribution in [3.8, 4) is 17.0 Å². The van der Waals surface area contributed by atoms with Gasteiger partial charge in [-0.1, -0.05) is 30.3 Å². The minimum Gasteiger partial charge on any atom is -0.497 e. The van der Waals surface area contributed by atoms with E-state index in [4.69, 9.17) is 14.9 Å². The lowest BCUT2D eigenvalue weighted by atomic mass is 9.88. The summed E-state index contributed by atoms with van der Waals surface area (Å²) in [4.78, 5) is 11.1. The van der Waals surface area contributed by atoms with Crippen LogP contribution in [0, 0.1) is 0 Å². The molecule has 0 unspecified atom stereocenters. The lowest BCUT2D eigenvalue weighted by molar-refractivity contribution is -0.136. The van der Waals surface area contributed by atoms with Crippen LogP contribution in [0.25, 0.3) is 11.3 Å². The van der Waals surface area contributed by atoms with Crippen LogP contribution < -0.4 is 4.74 Å². The maximum Gasteiger partial charge on any atom is 0.303 e. The van der Waals surface area contributed by atoms with Gasteiger partial charge in [-0.15, -0.1) is 0 Å². The molecule has 27 heavy (non-hydrogen) atoms. The summed E-state index contributed by atoms with van der Waals surface area (Å²) in [5.41, 5.74) is 6.80. The molecule has 1 aromatic heterocycles. The molecule has 2 aromatic carbocycles. The molecule has 0 amide bonds. The molecule has 0 radical (unpaired) electrons. The van der Waals surface area contributed by atoms with E-state index in [1.165, 1.54) is 22.3 Å². The zero-order chi connectivity index (χ0) is 18.8. The van der Waals surface area contributed by atoms with E-state index >= 15 is 0 Å². The summed E-state index contributed by atoms with van der Waals surface area (Å²) >= 11 is 0. The van der Waals surface area contributed by atoms with Gasteiger partial charge in [0.25, 0.3) is 0 Å². The summed E-state index contributed by atoms with van der Waals surface area (Å²) in [6, 6.07) is 16.4. The minimum atomic E-state index is -0.790. The highest BCUT2D eigenvalue weighted by atomic mass is 16.5. The third-order valence-corrected chi connectivity index (χ3v) is 5.10. The highest BCUT2D eigenvalue weighted by Crippen LogP contribution is 2.37. The van der Waals surface area contributed by atoms with Crippen LogP contribution in [0.1, 0.15) is 28.8 Å². The van der Waals surface area contributed by atoms with Gasteiger partial charge in [0, 0.05) is 17.5 Å². The summed E-state index contributed by atoms with van der Waals surface area (Å²) in [7, 11) is 1.68. The number of aryl methyl sites for hydroxylation is 2. The topological polar surface area (TPSA) is 64.3 Å². The maximum atomic E-state index is 11.1. The lowest BCUT2D eigenvalue weighted by Crippen LogP contribution is -2.09. The van der Waals surface area contributed by atoms with Gasteiger partial charge in [0.2, 0.25) is 0 Å². The van der Waals surface area contributed by atoms with Crippen molar-refractivity contribution >= 4 is 5.97 Å². The first-order valence-electron chi connectivity index (χ1n) is 9.17. The molecule has 0 bridgehead atoms. The van der Waals surface area contributed by atoms with E-state index in [9.17, 15) is 4.79 Å². The SMILES string of the molecule is COc1ccc2c(c1)CCc1c(CCC(=O)O)nn(Cc3ccccc3)c1-2. The normalized spacial score (nSPS) is 12.3. The molecule has 0 saturated carbocycles. The Labute approximate surface area is 158 Å². The number of rotatable bonds is 6. The Hall–Kier alpha value is -3.08. The first-order valence-corrected chi connectivity index (χ1v) is 9.17. The van der Waals surface area contributed by atoms with Crippen molar-refractivity contribution in [1.29, 1.82) is 0 Å². The van der Waals surface area contributed by atoms with E-state index in [-0.39, 0.29) is 6.42 Å². The number of carboxylic acids is 1. The van der Waals surface area contributed by atoms with Gasteiger partial charge in [-0.2, -0.15) is 5.10 Å². The molecule has 0 aliphatic heterocycles. The Morgan fingerprint density at radius 2 is 2.00 bits per heavy atom. The van der Waals surface area contributed by atoms with Crippen molar-refractivity contribution in [2.75, 3.05) is 7.11 Å². The Kier molecular flexibility index (Phi) is 4.67. The second-order valence-corrected chi connectivity index (χ2v) is 6.83. The van der Waals surface area contributed by atoms with Crippen molar-refractivity contribution in [3.05, 3.63) is 70.9 Å². The van der Waals surface area contributed by atoms with Gasteiger partial charge in [0.15, 0.2) is 0 Å². The number of hydrogen-bond acceptors (Lipinski definition) is 3. The predicted molar refractivity (Wildman–Crippen MR) is 103 cm³/mol. The molecule has 1 heterocycles. The molecule has 0 spiro atoms. The molecule has 0 atom stereocenters. The molecule has 1 N–H and O–H groups in total. The molecule has 5 nitrogen and oxygen atoms in total. The van der Waals surface area contributed by atoms with Crippen LogP contribution in [0.2, 0.25) is 0 Å². The van der Waals surface area contributed by atoms with Crippen LogP contribution >= 0.6 is 0 Å². The predicted octanol–water partition coefficient (Wildman–Crippen LogP) is 3.72. The van der Waals surface area contributed by atoms with Crippen molar-refractivity contribution in [3.63, 3.8) is 0 Å². The molecule has 1 aliphatic rings. The number of aliphatic carboxylic acids is 1. The van der Waals surface area contributed by atoms with Crippen molar-refractivity contribution in [1.82, 2.24) is 9.78 Å². The van der Waals surface area contributed by atoms with Crippen LogP contribution in [0.4, 0.5) is 0 Å². The second kappa shape index (κ2) is 7.27. The Balaban J connectivity index is 1.79. The quantitative estimate of drug-likeness (QED) is 0.726. The van der Waals surface area contributed by atoms with E-state index in [2.05, 4.69) is 24.3 Å². The average molecular weight is 362 g/mol. The monoisotopic (exact) mass is 362 g/mol. The van der Waals surface area contributed by atoms with E-state index < -0.39 is 5.97 Å². The molecule has 3 aromatic rings. The fourth-order valence-electron chi connectivity index (χ4n) is 3.80.